The van der Waals surface area contributed by atoms with Crippen LogP contribution in [-0.4, -0.2) is 20.6 Å². The van der Waals surface area contributed by atoms with E-state index in [-0.39, 0.29) is 28.5 Å². The fourth-order valence-corrected chi connectivity index (χ4v) is 5.56. The first-order valence-electron chi connectivity index (χ1n) is 11.1. The van der Waals surface area contributed by atoms with Crippen LogP contribution in [0.3, 0.4) is 0 Å². The SMILES string of the molecule is CC(NC(=O)c1ccc(CN(c2cccc(Cl)c2Cl)S(C)(=O)=O)cc1)c1ccc2c(c1)CCC2. The van der Waals surface area contributed by atoms with Crippen molar-refractivity contribution in [3.05, 3.63) is 98.5 Å². The van der Waals surface area contributed by atoms with Gasteiger partial charge in [0.1, 0.15) is 0 Å². The summed E-state index contributed by atoms with van der Waals surface area (Å²) >= 11 is 12.3. The van der Waals surface area contributed by atoms with Crippen LogP contribution in [0.15, 0.2) is 60.7 Å². The second kappa shape index (κ2) is 9.98. The molecule has 0 saturated heterocycles. The monoisotopic (exact) mass is 516 g/mol. The summed E-state index contributed by atoms with van der Waals surface area (Å²) in [5.74, 6) is -0.183. The van der Waals surface area contributed by atoms with Crippen molar-refractivity contribution in [2.45, 2.75) is 38.8 Å². The van der Waals surface area contributed by atoms with E-state index in [2.05, 4.69) is 23.5 Å². The Labute approximate surface area is 210 Å². The number of hydrogen-bond acceptors (Lipinski definition) is 3. The Balaban J connectivity index is 1.47. The van der Waals surface area contributed by atoms with E-state index in [1.165, 1.54) is 21.9 Å². The van der Waals surface area contributed by atoms with Crippen LogP contribution in [0, 0.1) is 0 Å². The lowest BCUT2D eigenvalue weighted by Crippen LogP contribution is -2.29. The third-order valence-electron chi connectivity index (χ3n) is 6.11. The lowest BCUT2D eigenvalue weighted by Gasteiger charge is -2.24. The summed E-state index contributed by atoms with van der Waals surface area (Å²) in [6, 6.07) is 18.0. The van der Waals surface area contributed by atoms with Gasteiger partial charge in [-0.1, -0.05) is 59.6 Å². The van der Waals surface area contributed by atoms with Crippen molar-refractivity contribution in [3.63, 3.8) is 0 Å². The predicted octanol–water partition coefficient (Wildman–Crippen LogP) is 5.94. The standard InChI is InChI=1S/C26H26Cl2N2O3S/c1-17(21-14-13-19-5-3-6-22(19)15-21)29-26(31)20-11-9-18(10-12-20)16-30(34(2,32)33)24-8-4-7-23(27)25(24)28/h4,7-15,17H,3,5-6,16H2,1-2H3,(H,29,31). The molecule has 0 heterocycles. The summed E-state index contributed by atoms with van der Waals surface area (Å²) in [5.41, 5.74) is 5.39. The number of sulfonamides is 1. The topological polar surface area (TPSA) is 66.5 Å². The quantitative estimate of drug-likeness (QED) is 0.422. The minimum Gasteiger partial charge on any atom is -0.346 e. The van der Waals surface area contributed by atoms with E-state index in [0.717, 1.165) is 24.7 Å². The van der Waals surface area contributed by atoms with Gasteiger partial charge < -0.3 is 5.32 Å². The molecule has 3 aromatic carbocycles. The lowest BCUT2D eigenvalue weighted by atomic mass is 10.0. The van der Waals surface area contributed by atoms with Gasteiger partial charge in [0.25, 0.3) is 5.91 Å². The van der Waals surface area contributed by atoms with Crippen molar-refractivity contribution in [2.75, 3.05) is 10.6 Å². The maximum atomic E-state index is 12.8. The minimum absolute atomic E-state index is 0.0618. The maximum Gasteiger partial charge on any atom is 0.251 e. The number of carbonyl (C=O) groups is 1. The molecule has 0 radical (unpaired) electrons. The van der Waals surface area contributed by atoms with E-state index in [1.54, 1.807) is 42.5 Å². The predicted molar refractivity (Wildman–Crippen MR) is 138 cm³/mol. The highest BCUT2D eigenvalue weighted by Gasteiger charge is 2.22. The number of amides is 1. The highest BCUT2D eigenvalue weighted by atomic mass is 35.5. The Morgan fingerprint density at radius 2 is 1.74 bits per heavy atom. The van der Waals surface area contributed by atoms with Crippen LogP contribution < -0.4 is 9.62 Å². The zero-order valence-corrected chi connectivity index (χ0v) is 21.3. The van der Waals surface area contributed by atoms with Gasteiger partial charge in [-0.25, -0.2) is 8.42 Å². The van der Waals surface area contributed by atoms with Crippen molar-refractivity contribution < 1.29 is 13.2 Å². The van der Waals surface area contributed by atoms with Crippen molar-refractivity contribution in [2.24, 2.45) is 0 Å². The Morgan fingerprint density at radius 1 is 1.03 bits per heavy atom. The summed E-state index contributed by atoms with van der Waals surface area (Å²) in [6.45, 7) is 2.04. The van der Waals surface area contributed by atoms with Crippen molar-refractivity contribution in [1.82, 2.24) is 5.32 Å². The summed E-state index contributed by atoms with van der Waals surface area (Å²) in [7, 11) is -3.62. The molecular formula is C26H26Cl2N2O3S. The lowest BCUT2D eigenvalue weighted by molar-refractivity contribution is 0.0940. The van der Waals surface area contributed by atoms with Gasteiger partial charge in [0.2, 0.25) is 10.0 Å². The average Bonchev–Trinajstić information content (AvgIpc) is 3.27. The van der Waals surface area contributed by atoms with Gasteiger partial charge in [-0.15, -0.1) is 0 Å². The molecule has 0 bridgehead atoms. The Morgan fingerprint density at radius 3 is 2.44 bits per heavy atom. The summed E-state index contributed by atoms with van der Waals surface area (Å²) in [5, 5.41) is 3.50. The van der Waals surface area contributed by atoms with Crippen LogP contribution in [0.5, 0.6) is 0 Å². The van der Waals surface area contributed by atoms with E-state index in [0.29, 0.717) is 16.8 Å². The zero-order chi connectivity index (χ0) is 24.5. The van der Waals surface area contributed by atoms with Crippen LogP contribution in [0.2, 0.25) is 10.0 Å². The Kier molecular flexibility index (Phi) is 7.22. The molecule has 0 aromatic heterocycles. The zero-order valence-electron chi connectivity index (χ0n) is 19.0. The molecule has 1 N–H and O–H groups in total. The van der Waals surface area contributed by atoms with Crippen LogP contribution in [0.1, 0.15) is 52.0 Å². The molecule has 3 aromatic rings. The van der Waals surface area contributed by atoms with Crippen molar-refractivity contribution in [3.8, 4) is 0 Å². The molecule has 1 unspecified atom stereocenters. The van der Waals surface area contributed by atoms with E-state index in [9.17, 15) is 13.2 Å². The summed E-state index contributed by atoms with van der Waals surface area (Å²) in [4.78, 5) is 12.8. The number of hydrogen-bond donors (Lipinski definition) is 1. The molecule has 34 heavy (non-hydrogen) atoms. The van der Waals surface area contributed by atoms with Gasteiger partial charge in [-0.2, -0.15) is 0 Å². The van der Waals surface area contributed by atoms with Gasteiger partial charge in [-0.3, -0.25) is 9.10 Å². The molecule has 1 amide bonds. The normalized spacial score (nSPS) is 13.9. The number of benzene rings is 3. The molecule has 178 valence electrons. The molecule has 1 aliphatic rings. The van der Waals surface area contributed by atoms with Gasteiger partial charge in [0.15, 0.2) is 0 Å². The van der Waals surface area contributed by atoms with Crippen LogP contribution >= 0.6 is 23.2 Å². The number of nitrogens with one attached hydrogen (secondary N) is 1. The van der Waals surface area contributed by atoms with Gasteiger partial charge >= 0.3 is 0 Å². The van der Waals surface area contributed by atoms with E-state index in [4.69, 9.17) is 23.2 Å². The van der Waals surface area contributed by atoms with Crippen LogP contribution in [0.4, 0.5) is 5.69 Å². The van der Waals surface area contributed by atoms with Gasteiger partial charge in [-0.05, 0) is 72.7 Å². The van der Waals surface area contributed by atoms with Crippen LogP contribution in [0.25, 0.3) is 0 Å². The largest absolute Gasteiger partial charge is 0.346 e. The van der Waals surface area contributed by atoms with Crippen molar-refractivity contribution in [1.29, 1.82) is 0 Å². The molecule has 0 spiro atoms. The van der Waals surface area contributed by atoms with E-state index < -0.39 is 10.0 Å². The highest BCUT2D eigenvalue weighted by Crippen LogP contribution is 2.34. The Bertz CT molecular complexity index is 1320. The molecule has 1 aliphatic carbocycles. The Hall–Kier alpha value is -2.54. The highest BCUT2D eigenvalue weighted by molar-refractivity contribution is 7.92. The second-order valence-corrected chi connectivity index (χ2v) is 11.3. The number of carbonyl (C=O) groups excluding carboxylic acids is 1. The molecule has 0 saturated carbocycles. The van der Waals surface area contributed by atoms with Gasteiger partial charge in [0, 0.05) is 5.56 Å². The molecule has 0 aliphatic heterocycles. The first-order valence-corrected chi connectivity index (χ1v) is 13.7. The number of rotatable bonds is 7. The average molecular weight is 517 g/mol. The van der Waals surface area contributed by atoms with E-state index >= 15 is 0 Å². The molecular weight excluding hydrogens is 491 g/mol. The number of fused-ring (bicyclic) bond motifs is 1. The van der Waals surface area contributed by atoms with E-state index in [1.807, 2.05) is 6.92 Å². The first kappa shape index (κ1) is 24.6. The fourth-order valence-electron chi connectivity index (χ4n) is 4.22. The minimum atomic E-state index is -3.62. The smallest absolute Gasteiger partial charge is 0.251 e. The second-order valence-electron chi connectivity index (χ2n) is 8.62. The fraction of sp³-hybridized carbons (Fsp3) is 0.269. The number of halogens is 2. The summed E-state index contributed by atoms with van der Waals surface area (Å²) < 4.78 is 26.1. The number of aryl methyl sites for hydroxylation is 2. The van der Waals surface area contributed by atoms with Gasteiger partial charge in [0.05, 0.1) is 34.6 Å². The van der Waals surface area contributed by atoms with Crippen LogP contribution in [-0.2, 0) is 29.4 Å². The third kappa shape index (κ3) is 5.40. The van der Waals surface area contributed by atoms with Crippen molar-refractivity contribution >= 4 is 44.8 Å². The molecule has 8 heteroatoms. The molecule has 1 atom stereocenters. The molecule has 5 nitrogen and oxygen atoms in total. The molecule has 4 rings (SSSR count). The molecule has 0 fully saturated rings. The summed E-state index contributed by atoms with van der Waals surface area (Å²) in [6.07, 6.45) is 4.53. The first-order chi connectivity index (χ1) is 16.1. The number of anilines is 1. The third-order valence-corrected chi connectivity index (χ3v) is 8.05. The maximum absolute atomic E-state index is 12.8. The number of nitrogens with zero attached hydrogens (tertiary/aromatic N) is 1.